The van der Waals surface area contributed by atoms with Crippen molar-refractivity contribution >= 4 is 11.7 Å². The van der Waals surface area contributed by atoms with E-state index in [9.17, 15) is 14.9 Å². The maximum absolute atomic E-state index is 11.8. The minimum absolute atomic E-state index is 0.0832. The molecule has 2 aromatic rings. The minimum Gasteiger partial charge on any atom is -0.465 e. The third-order valence-electron chi connectivity index (χ3n) is 2.68. The number of ether oxygens (including phenoxy) is 1. The average molecular weight is 273 g/mol. The van der Waals surface area contributed by atoms with Crippen LogP contribution in [0.25, 0.3) is 11.3 Å². The summed E-state index contributed by atoms with van der Waals surface area (Å²) in [5, 5.41) is 10.8. The van der Waals surface area contributed by atoms with Gasteiger partial charge in [0, 0.05) is 23.9 Å². The van der Waals surface area contributed by atoms with Crippen LogP contribution in [0.4, 0.5) is 5.69 Å². The number of carbonyl (C=O) groups excluding carboxylic acids is 1. The molecule has 1 aromatic carbocycles. The Morgan fingerprint density at radius 1 is 1.30 bits per heavy atom. The molecule has 7 heteroatoms. The Morgan fingerprint density at radius 3 is 2.60 bits per heavy atom. The van der Waals surface area contributed by atoms with Gasteiger partial charge in [0.25, 0.3) is 5.69 Å². The zero-order valence-corrected chi connectivity index (χ0v) is 10.9. The van der Waals surface area contributed by atoms with Crippen molar-refractivity contribution in [3.8, 4) is 11.3 Å². The number of nitro benzene ring substituents is 1. The molecule has 0 saturated carbocycles. The number of benzene rings is 1. The summed E-state index contributed by atoms with van der Waals surface area (Å²) in [5.41, 5.74) is 1.52. The number of aryl methyl sites for hydroxylation is 1. The van der Waals surface area contributed by atoms with Gasteiger partial charge in [-0.25, -0.2) is 4.79 Å². The van der Waals surface area contributed by atoms with E-state index in [0.29, 0.717) is 11.3 Å². The Labute approximate surface area is 114 Å². The summed E-state index contributed by atoms with van der Waals surface area (Å²) in [6.45, 7) is 1.79. The average Bonchev–Trinajstić information content (AvgIpc) is 2.46. The summed E-state index contributed by atoms with van der Waals surface area (Å²) in [6, 6.07) is 3.94. The fourth-order valence-electron chi connectivity index (χ4n) is 1.68. The SMILES string of the molecule is COC(=O)c1cc([N+](=O)[O-])ccc1-c1cnc(C)cn1. The van der Waals surface area contributed by atoms with Crippen LogP contribution in [0.2, 0.25) is 0 Å². The number of aromatic nitrogens is 2. The van der Waals surface area contributed by atoms with E-state index in [1.807, 2.05) is 0 Å². The van der Waals surface area contributed by atoms with E-state index in [1.165, 1.54) is 31.5 Å². The Morgan fingerprint density at radius 2 is 2.05 bits per heavy atom. The van der Waals surface area contributed by atoms with Gasteiger partial charge in [-0.15, -0.1) is 0 Å². The van der Waals surface area contributed by atoms with Crippen LogP contribution in [0.1, 0.15) is 16.1 Å². The summed E-state index contributed by atoms with van der Waals surface area (Å²) in [5.74, 6) is -0.661. The number of rotatable bonds is 3. The zero-order valence-electron chi connectivity index (χ0n) is 10.9. The molecule has 0 amide bonds. The van der Waals surface area contributed by atoms with Crippen molar-refractivity contribution in [2.75, 3.05) is 7.11 Å². The van der Waals surface area contributed by atoms with Gasteiger partial charge in [-0.3, -0.25) is 20.1 Å². The molecule has 0 bridgehead atoms. The van der Waals surface area contributed by atoms with Crippen LogP contribution < -0.4 is 0 Å². The summed E-state index contributed by atoms with van der Waals surface area (Å²) < 4.78 is 4.65. The van der Waals surface area contributed by atoms with Crippen LogP contribution >= 0.6 is 0 Å². The van der Waals surface area contributed by atoms with Crippen molar-refractivity contribution in [3.05, 3.63) is 52.0 Å². The van der Waals surface area contributed by atoms with Crippen LogP contribution in [0.15, 0.2) is 30.6 Å². The van der Waals surface area contributed by atoms with E-state index in [2.05, 4.69) is 14.7 Å². The summed E-state index contributed by atoms with van der Waals surface area (Å²) in [7, 11) is 1.21. The molecule has 1 aromatic heterocycles. The maximum atomic E-state index is 11.8. The van der Waals surface area contributed by atoms with Gasteiger partial charge >= 0.3 is 5.97 Å². The highest BCUT2D eigenvalue weighted by Gasteiger charge is 2.19. The fourth-order valence-corrected chi connectivity index (χ4v) is 1.68. The largest absolute Gasteiger partial charge is 0.465 e. The van der Waals surface area contributed by atoms with E-state index in [4.69, 9.17) is 0 Å². The number of nitro groups is 1. The monoisotopic (exact) mass is 273 g/mol. The number of hydrogen-bond acceptors (Lipinski definition) is 6. The van der Waals surface area contributed by atoms with Gasteiger partial charge in [-0.1, -0.05) is 0 Å². The van der Waals surface area contributed by atoms with Gasteiger partial charge in [-0.2, -0.15) is 0 Å². The first kappa shape index (κ1) is 13.6. The molecule has 2 rings (SSSR count). The van der Waals surface area contributed by atoms with Gasteiger partial charge in [-0.05, 0) is 13.0 Å². The second-order valence-electron chi connectivity index (χ2n) is 4.02. The molecule has 0 atom stereocenters. The number of carbonyl (C=O) groups is 1. The van der Waals surface area contributed by atoms with Crippen molar-refractivity contribution in [2.24, 2.45) is 0 Å². The third kappa shape index (κ3) is 2.61. The number of methoxy groups -OCH3 is 1. The van der Waals surface area contributed by atoms with Crippen LogP contribution in [0, 0.1) is 17.0 Å². The first-order valence-electron chi connectivity index (χ1n) is 5.68. The molecular formula is C13H11N3O4. The van der Waals surface area contributed by atoms with Gasteiger partial charge in [0.05, 0.1) is 35.2 Å². The first-order valence-corrected chi connectivity index (χ1v) is 5.68. The maximum Gasteiger partial charge on any atom is 0.338 e. The lowest BCUT2D eigenvalue weighted by Crippen LogP contribution is -2.05. The van der Waals surface area contributed by atoms with Crippen molar-refractivity contribution < 1.29 is 14.5 Å². The lowest BCUT2D eigenvalue weighted by atomic mass is 10.0. The Bertz CT molecular complexity index is 668. The van der Waals surface area contributed by atoms with Crippen molar-refractivity contribution in [1.29, 1.82) is 0 Å². The van der Waals surface area contributed by atoms with Gasteiger partial charge in [0.1, 0.15) is 0 Å². The van der Waals surface area contributed by atoms with Gasteiger partial charge in [0.15, 0.2) is 0 Å². The molecule has 0 fully saturated rings. The predicted molar refractivity (Wildman–Crippen MR) is 70.2 cm³/mol. The molecule has 7 nitrogen and oxygen atoms in total. The van der Waals surface area contributed by atoms with E-state index < -0.39 is 10.9 Å². The number of non-ortho nitro benzene ring substituents is 1. The van der Waals surface area contributed by atoms with E-state index in [-0.39, 0.29) is 11.3 Å². The molecule has 0 unspecified atom stereocenters. The van der Waals surface area contributed by atoms with E-state index >= 15 is 0 Å². The second-order valence-corrected chi connectivity index (χ2v) is 4.02. The number of esters is 1. The van der Waals surface area contributed by atoms with Crippen LogP contribution in [-0.4, -0.2) is 28.0 Å². The van der Waals surface area contributed by atoms with Crippen molar-refractivity contribution in [2.45, 2.75) is 6.92 Å². The standard InChI is InChI=1S/C13H11N3O4/c1-8-6-15-12(7-14-8)10-4-3-9(16(18)19)5-11(10)13(17)20-2/h3-7H,1-2H3. The van der Waals surface area contributed by atoms with Crippen LogP contribution in [-0.2, 0) is 4.74 Å². The fraction of sp³-hybridized carbons (Fsp3) is 0.154. The molecule has 0 spiro atoms. The predicted octanol–water partition coefficient (Wildman–Crippen LogP) is 2.15. The van der Waals surface area contributed by atoms with Gasteiger partial charge < -0.3 is 4.74 Å². The molecule has 0 aliphatic heterocycles. The molecule has 1 heterocycles. The summed E-state index contributed by atoms with van der Waals surface area (Å²) >= 11 is 0. The number of hydrogen-bond donors (Lipinski definition) is 0. The van der Waals surface area contributed by atoms with Crippen molar-refractivity contribution in [3.63, 3.8) is 0 Å². The normalized spacial score (nSPS) is 10.1. The topological polar surface area (TPSA) is 95.2 Å². The minimum atomic E-state index is -0.661. The Kier molecular flexibility index (Phi) is 3.69. The van der Waals surface area contributed by atoms with Crippen LogP contribution in [0.5, 0.6) is 0 Å². The van der Waals surface area contributed by atoms with Crippen molar-refractivity contribution in [1.82, 2.24) is 9.97 Å². The van der Waals surface area contributed by atoms with E-state index in [0.717, 1.165) is 5.69 Å². The Hall–Kier alpha value is -2.83. The second kappa shape index (κ2) is 5.43. The van der Waals surface area contributed by atoms with Crippen LogP contribution in [0.3, 0.4) is 0 Å². The lowest BCUT2D eigenvalue weighted by Gasteiger charge is -2.07. The lowest BCUT2D eigenvalue weighted by molar-refractivity contribution is -0.384. The van der Waals surface area contributed by atoms with E-state index in [1.54, 1.807) is 13.1 Å². The van der Waals surface area contributed by atoms with Gasteiger partial charge in [0.2, 0.25) is 0 Å². The highest BCUT2D eigenvalue weighted by molar-refractivity contribution is 5.97. The molecule has 0 N–H and O–H groups in total. The highest BCUT2D eigenvalue weighted by atomic mass is 16.6. The molecule has 0 radical (unpaired) electrons. The zero-order chi connectivity index (χ0) is 14.7. The molecule has 0 saturated heterocycles. The molecule has 0 aliphatic rings. The third-order valence-corrected chi connectivity index (χ3v) is 2.68. The molecular weight excluding hydrogens is 262 g/mol. The molecule has 102 valence electrons. The molecule has 0 aliphatic carbocycles. The molecule has 20 heavy (non-hydrogen) atoms. The quantitative estimate of drug-likeness (QED) is 0.483. The summed E-state index contributed by atoms with van der Waals surface area (Å²) in [6.07, 6.45) is 3.06. The Balaban J connectivity index is 2.59. The number of nitrogens with zero attached hydrogens (tertiary/aromatic N) is 3. The highest BCUT2D eigenvalue weighted by Crippen LogP contribution is 2.26. The summed E-state index contributed by atoms with van der Waals surface area (Å²) in [4.78, 5) is 30.2. The first-order chi connectivity index (χ1) is 9.52. The smallest absolute Gasteiger partial charge is 0.338 e.